The number of aromatic nitrogens is 2. The van der Waals surface area contributed by atoms with Gasteiger partial charge in [-0.25, -0.2) is 0 Å². The van der Waals surface area contributed by atoms with E-state index in [2.05, 4.69) is 50.7 Å². The van der Waals surface area contributed by atoms with Gasteiger partial charge < -0.3 is 4.90 Å². The summed E-state index contributed by atoms with van der Waals surface area (Å²) in [4.78, 5) is 17.1. The van der Waals surface area contributed by atoms with E-state index in [9.17, 15) is 4.79 Å². The summed E-state index contributed by atoms with van der Waals surface area (Å²) in [7, 11) is 0. The number of amides is 1. The summed E-state index contributed by atoms with van der Waals surface area (Å²) in [6.45, 7) is 13.5. The number of hydrogen-bond donors (Lipinski definition) is 0. The molecule has 1 aromatic carbocycles. The second kappa shape index (κ2) is 7.00. The predicted molar refractivity (Wildman–Crippen MR) is 101 cm³/mol. The number of piperazine rings is 1. The molecule has 5 nitrogen and oxygen atoms in total. The van der Waals surface area contributed by atoms with Crippen LogP contribution in [0.4, 0.5) is 5.69 Å². The molecular weight excluding hydrogens is 312 g/mol. The lowest BCUT2D eigenvalue weighted by atomic mass is 10.1. The maximum Gasteiger partial charge on any atom is 0.241 e. The van der Waals surface area contributed by atoms with E-state index in [1.165, 1.54) is 11.3 Å². The standard InChI is InChI=1S/C20H28N4O/c1-6-23-17(5)18(16(4)21-23)12-22-11-15(3)24(20(25)13-22)19-10-8-7-9-14(19)2/h7-10,15H,6,11-13H2,1-5H3/t15-/m1/s1. The van der Waals surface area contributed by atoms with Gasteiger partial charge in [-0.2, -0.15) is 5.10 Å². The van der Waals surface area contributed by atoms with Crippen LogP contribution in [0.5, 0.6) is 0 Å². The van der Waals surface area contributed by atoms with Crippen molar-refractivity contribution in [3.8, 4) is 0 Å². The first-order chi connectivity index (χ1) is 11.9. The van der Waals surface area contributed by atoms with E-state index in [1.54, 1.807) is 0 Å². The van der Waals surface area contributed by atoms with Gasteiger partial charge >= 0.3 is 0 Å². The van der Waals surface area contributed by atoms with Crippen molar-refractivity contribution in [2.75, 3.05) is 18.0 Å². The largest absolute Gasteiger partial charge is 0.307 e. The minimum Gasteiger partial charge on any atom is -0.307 e. The summed E-state index contributed by atoms with van der Waals surface area (Å²) >= 11 is 0. The molecule has 0 aliphatic carbocycles. The Hall–Kier alpha value is -2.14. The molecule has 0 N–H and O–H groups in total. The topological polar surface area (TPSA) is 41.4 Å². The zero-order valence-corrected chi connectivity index (χ0v) is 15.9. The Kier molecular flexibility index (Phi) is 4.95. The van der Waals surface area contributed by atoms with Crippen LogP contribution in [-0.4, -0.2) is 39.7 Å². The molecule has 5 heteroatoms. The van der Waals surface area contributed by atoms with E-state index >= 15 is 0 Å². The minimum absolute atomic E-state index is 0.157. The zero-order valence-electron chi connectivity index (χ0n) is 15.9. The highest BCUT2D eigenvalue weighted by molar-refractivity contribution is 5.96. The van der Waals surface area contributed by atoms with Crippen LogP contribution in [0.2, 0.25) is 0 Å². The van der Waals surface area contributed by atoms with Crippen LogP contribution in [0.1, 0.15) is 36.4 Å². The molecule has 3 rings (SSSR count). The summed E-state index contributed by atoms with van der Waals surface area (Å²) in [6.07, 6.45) is 0. The first-order valence-electron chi connectivity index (χ1n) is 9.05. The van der Waals surface area contributed by atoms with Crippen LogP contribution in [0.15, 0.2) is 24.3 Å². The summed E-state index contributed by atoms with van der Waals surface area (Å²) < 4.78 is 2.04. The highest BCUT2D eigenvalue weighted by atomic mass is 16.2. The molecule has 0 spiro atoms. The number of carbonyl (C=O) groups is 1. The fraction of sp³-hybridized carbons (Fsp3) is 0.500. The molecule has 2 aromatic rings. The fourth-order valence-corrected chi connectivity index (χ4v) is 3.85. The van der Waals surface area contributed by atoms with Crippen LogP contribution in [0.25, 0.3) is 0 Å². The van der Waals surface area contributed by atoms with E-state index in [-0.39, 0.29) is 11.9 Å². The first-order valence-corrected chi connectivity index (χ1v) is 9.05. The molecule has 1 aliphatic rings. The van der Waals surface area contributed by atoms with Gasteiger partial charge in [-0.3, -0.25) is 14.4 Å². The molecule has 2 heterocycles. The smallest absolute Gasteiger partial charge is 0.241 e. The van der Waals surface area contributed by atoms with Crippen LogP contribution in [0, 0.1) is 20.8 Å². The molecule has 1 amide bonds. The average molecular weight is 340 g/mol. The molecule has 1 aromatic heterocycles. The SMILES string of the molecule is CCn1nc(C)c(CN2CC(=O)N(c3ccccc3C)[C@H](C)C2)c1C. The van der Waals surface area contributed by atoms with Crippen molar-refractivity contribution >= 4 is 11.6 Å². The van der Waals surface area contributed by atoms with E-state index in [0.29, 0.717) is 6.54 Å². The Morgan fingerprint density at radius 3 is 2.52 bits per heavy atom. The highest BCUT2D eigenvalue weighted by Gasteiger charge is 2.32. The molecule has 1 atom stereocenters. The van der Waals surface area contributed by atoms with Crippen molar-refractivity contribution < 1.29 is 4.79 Å². The van der Waals surface area contributed by atoms with Gasteiger partial charge in [0.1, 0.15) is 0 Å². The summed E-state index contributed by atoms with van der Waals surface area (Å²) in [6, 6.07) is 8.28. The molecule has 25 heavy (non-hydrogen) atoms. The fourth-order valence-electron chi connectivity index (χ4n) is 3.85. The van der Waals surface area contributed by atoms with E-state index in [1.807, 2.05) is 27.8 Å². The van der Waals surface area contributed by atoms with Gasteiger partial charge in [0.25, 0.3) is 0 Å². The maximum atomic E-state index is 12.9. The van der Waals surface area contributed by atoms with Gasteiger partial charge in [0, 0.05) is 42.6 Å². The molecule has 0 radical (unpaired) electrons. The number of rotatable bonds is 4. The lowest BCUT2D eigenvalue weighted by Gasteiger charge is -2.40. The normalized spacial score (nSPS) is 18.8. The van der Waals surface area contributed by atoms with Gasteiger partial charge in [0.05, 0.1) is 12.2 Å². The highest BCUT2D eigenvalue weighted by Crippen LogP contribution is 2.26. The van der Waals surface area contributed by atoms with Crippen molar-refractivity contribution in [3.05, 3.63) is 46.8 Å². The van der Waals surface area contributed by atoms with Gasteiger partial charge in [-0.1, -0.05) is 18.2 Å². The lowest BCUT2D eigenvalue weighted by molar-refractivity contribution is -0.122. The number of nitrogens with zero attached hydrogens (tertiary/aromatic N) is 4. The number of para-hydroxylation sites is 1. The molecular formula is C20H28N4O. The van der Waals surface area contributed by atoms with Gasteiger partial charge in [0.15, 0.2) is 0 Å². The molecule has 0 unspecified atom stereocenters. The van der Waals surface area contributed by atoms with E-state index in [4.69, 9.17) is 0 Å². The third kappa shape index (κ3) is 3.33. The van der Waals surface area contributed by atoms with E-state index in [0.717, 1.165) is 36.6 Å². The van der Waals surface area contributed by atoms with Crippen LogP contribution >= 0.6 is 0 Å². The Morgan fingerprint density at radius 1 is 1.20 bits per heavy atom. The summed E-state index contributed by atoms with van der Waals surface area (Å²) in [5.41, 5.74) is 5.71. The number of benzene rings is 1. The second-order valence-electron chi connectivity index (χ2n) is 7.03. The van der Waals surface area contributed by atoms with Crippen LogP contribution < -0.4 is 4.90 Å². The molecule has 1 saturated heterocycles. The Labute approximate surface area is 150 Å². The Balaban J connectivity index is 1.78. The van der Waals surface area contributed by atoms with Crippen molar-refractivity contribution in [1.82, 2.24) is 14.7 Å². The summed E-state index contributed by atoms with van der Waals surface area (Å²) in [5, 5.41) is 4.60. The monoisotopic (exact) mass is 340 g/mol. The lowest BCUT2D eigenvalue weighted by Crippen LogP contribution is -2.55. The van der Waals surface area contributed by atoms with Crippen molar-refractivity contribution in [2.45, 2.75) is 53.8 Å². The number of hydrogen-bond acceptors (Lipinski definition) is 3. The first kappa shape index (κ1) is 17.7. The maximum absolute atomic E-state index is 12.9. The quantitative estimate of drug-likeness (QED) is 0.859. The third-order valence-corrected chi connectivity index (χ3v) is 5.18. The molecule has 0 saturated carbocycles. The number of aryl methyl sites for hydroxylation is 3. The second-order valence-corrected chi connectivity index (χ2v) is 7.03. The van der Waals surface area contributed by atoms with Gasteiger partial charge in [0.2, 0.25) is 5.91 Å². The van der Waals surface area contributed by atoms with Crippen LogP contribution in [-0.2, 0) is 17.9 Å². The van der Waals surface area contributed by atoms with Gasteiger partial charge in [-0.05, 0) is 46.2 Å². The predicted octanol–water partition coefficient (Wildman–Crippen LogP) is 3.07. The van der Waals surface area contributed by atoms with Crippen molar-refractivity contribution in [3.63, 3.8) is 0 Å². The summed E-state index contributed by atoms with van der Waals surface area (Å²) in [5.74, 6) is 0.172. The van der Waals surface area contributed by atoms with Crippen molar-refractivity contribution in [1.29, 1.82) is 0 Å². The van der Waals surface area contributed by atoms with E-state index < -0.39 is 0 Å². The number of carbonyl (C=O) groups excluding carboxylic acids is 1. The Bertz CT molecular complexity index is 780. The third-order valence-electron chi connectivity index (χ3n) is 5.18. The molecule has 0 bridgehead atoms. The number of anilines is 1. The Morgan fingerprint density at radius 2 is 1.92 bits per heavy atom. The zero-order chi connectivity index (χ0) is 18.1. The molecule has 1 aliphatic heterocycles. The minimum atomic E-state index is 0.157. The van der Waals surface area contributed by atoms with Crippen LogP contribution in [0.3, 0.4) is 0 Å². The van der Waals surface area contributed by atoms with Gasteiger partial charge in [-0.15, -0.1) is 0 Å². The van der Waals surface area contributed by atoms with Crippen molar-refractivity contribution in [2.24, 2.45) is 0 Å². The average Bonchev–Trinajstić information content (AvgIpc) is 2.83. The molecule has 1 fully saturated rings. The molecule has 134 valence electrons.